The fourth-order valence-electron chi connectivity index (χ4n) is 3.63. The Kier molecular flexibility index (Phi) is 7.31. The molecule has 0 aliphatic carbocycles. The SMILES string of the molecule is COCCNC(=S)N(Cc1ccc(OC)cc1)Cc1cc2cc3c(cc2[nH]c1=O)OCCO3. The number of benzene rings is 2. The maximum absolute atomic E-state index is 12.9. The van der Waals surface area contributed by atoms with Crippen molar-refractivity contribution in [2.75, 3.05) is 40.6 Å². The zero-order chi connectivity index (χ0) is 23.2. The van der Waals surface area contributed by atoms with E-state index in [1.165, 1.54) is 0 Å². The second-order valence-corrected chi connectivity index (χ2v) is 8.02. The number of aromatic nitrogens is 1. The zero-order valence-corrected chi connectivity index (χ0v) is 19.5. The van der Waals surface area contributed by atoms with Crippen molar-refractivity contribution in [2.45, 2.75) is 13.1 Å². The number of H-pyrrole nitrogens is 1. The van der Waals surface area contributed by atoms with Crippen LogP contribution in [0.5, 0.6) is 17.2 Å². The lowest BCUT2D eigenvalue weighted by Gasteiger charge is -2.26. The van der Waals surface area contributed by atoms with E-state index in [0.717, 1.165) is 16.7 Å². The Morgan fingerprint density at radius 2 is 1.82 bits per heavy atom. The fourth-order valence-corrected chi connectivity index (χ4v) is 3.86. The van der Waals surface area contributed by atoms with Gasteiger partial charge in [0.25, 0.3) is 5.56 Å². The Morgan fingerprint density at radius 1 is 1.09 bits per heavy atom. The van der Waals surface area contributed by atoms with Crippen LogP contribution in [0.3, 0.4) is 0 Å². The summed E-state index contributed by atoms with van der Waals surface area (Å²) in [6, 6.07) is 13.4. The average Bonchev–Trinajstić information content (AvgIpc) is 2.83. The molecule has 0 unspecified atom stereocenters. The summed E-state index contributed by atoms with van der Waals surface area (Å²) in [6.07, 6.45) is 0. The van der Waals surface area contributed by atoms with Crippen molar-refractivity contribution < 1.29 is 18.9 Å². The number of ether oxygens (including phenoxy) is 4. The molecular weight excluding hydrogens is 442 g/mol. The van der Waals surface area contributed by atoms with Gasteiger partial charge in [-0.05, 0) is 42.0 Å². The van der Waals surface area contributed by atoms with E-state index in [1.807, 2.05) is 41.3 Å². The van der Waals surface area contributed by atoms with E-state index >= 15 is 0 Å². The Bertz CT molecular complexity index is 1180. The molecule has 1 aliphatic rings. The number of nitrogens with one attached hydrogen (secondary N) is 2. The topological polar surface area (TPSA) is 85.1 Å². The van der Waals surface area contributed by atoms with Gasteiger partial charge in [0.15, 0.2) is 16.6 Å². The van der Waals surface area contributed by atoms with Crippen LogP contribution in [0.2, 0.25) is 0 Å². The third kappa shape index (κ3) is 5.55. The summed E-state index contributed by atoms with van der Waals surface area (Å²) in [7, 11) is 3.28. The van der Waals surface area contributed by atoms with E-state index in [1.54, 1.807) is 20.3 Å². The molecule has 0 spiro atoms. The molecule has 1 aromatic heterocycles. The second kappa shape index (κ2) is 10.5. The van der Waals surface area contributed by atoms with Crippen LogP contribution in [0.4, 0.5) is 0 Å². The molecule has 8 nitrogen and oxygen atoms in total. The van der Waals surface area contributed by atoms with Crippen molar-refractivity contribution in [3.8, 4) is 17.2 Å². The molecular formula is C24H27N3O5S. The van der Waals surface area contributed by atoms with E-state index in [4.69, 9.17) is 31.2 Å². The summed E-state index contributed by atoms with van der Waals surface area (Å²) in [5, 5.41) is 4.62. The Morgan fingerprint density at radius 3 is 2.52 bits per heavy atom. The van der Waals surface area contributed by atoms with Crippen LogP contribution in [-0.2, 0) is 17.8 Å². The lowest BCUT2D eigenvalue weighted by molar-refractivity contribution is 0.172. The second-order valence-electron chi connectivity index (χ2n) is 7.64. The summed E-state index contributed by atoms with van der Waals surface area (Å²) in [4.78, 5) is 17.8. The van der Waals surface area contributed by atoms with Gasteiger partial charge in [0.1, 0.15) is 19.0 Å². The number of rotatable bonds is 8. The van der Waals surface area contributed by atoms with Crippen LogP contribution in [0.25, 0.3) is 10.9 Å². The van der Waals surface area contributed by atoms with E-state index in [9.17, 15) is 4.79 Å². The Hall–Kier alpha value is -3.30. The van der Waals surface area contributed by atoms with Gasteiger partial charge in [0.2, 0.25) is 0 Å². The highest BCUT2D eigenvalue weighted by atomic mass is 32.1. The minimum atomic E-state index is -0.168. The molecule has 33 heavy (non-hydrogen) atoms. The number of hydrogen-bond donors (Lipinski definition) is 2. The van der Waals surface area contributed by atoms with Gasteiger partial charge in [-0.1, -0.05) is 12.1 Å². The van der Waals surface area contributed by atoms with Gasteiger partial charge < -0.3 is 34.1 Å². The standard InChI is InChI=1S/C24H27N3O5S/c1-29-8-7-25-24(33)27(14-16-3-5-19(30-2)6-4-16)15-18-11-17-12-21-22(32-10-9-31-21)13-20(17)26-23(18)28/h3-6,11-13H,7-10,14-15H2,1-2H3,(H,25,33)(H,26,28). The molecule has 0 saturated carbocycles. The number of nitrogens with zero attached hydrogens (tertiary/aromatic N) is 1. The highest BCUT2D eigenvalue weighted by Crippen LogP contribution is 2.33. The Balaban J connectivity index is 1.61. The molecule has 0 bridgehead atoms. The van der Waals surface area contributed by atoms with Crippen LogP contribution < -0.4 is 25.1 Å². The van der Waals surface area contributed by atoms with Gasteiger partial charge in [-0.2, -0.15) is 0 Å². The number of pyridine rings is 1. The van der Waals surface area contributed by atoms with Crippen LogP contribution in [0.1, 0.15) is 11.1 Å². The van der Waals surface area contributed by atoms with E-state index in [2.05, 4.69) is 10.3 Å². The lowest BCUT2D eigenvalue weighted by atomic mass is 10.1. The van der Waals surface area contributed by atoms with Crippen molar-refractivity contribution in [1.29, 1.82) is 0 Å². The summed E-state index contributed by atoms with van der Waals surface area (Å²) in [6.45, 7) is 2.97. The molecule has 2 heterocycles. The maximum atomic E-state index is 12.9. The molecule has 0 saturated heterocycles. The van der Waals surface area contributed by atoms with Gasteiger partial charge in [0, 0.05) is 37.2 Å². The lowest BCUT2D eigenvalue weighted by Crippen LogP contribution is -2.41. The largest absolute Gasteiger partial charge is 0.497 e. The van der Waals surface area contributed by atoms with Gasteiger partial charge >= 0.3 is 0 Å². The molecule has 0 radical (unpaired) electrons. The third-order valence-electron chi connectivity index (χ3n) is 5.35. The molecule has 2 N–H and O–H groups in total. The van der Waals surface area contributed by atoms with Crippen LogP contribution in [0, 0.1) is 0 Å². The first kappa shape index (κ1) is 22.9. The van der Waals surface area contributed by atoms with Crippen molar-refractivity contribution in [3.63, 3.8) is 0 Å². The smallest absolute Gasteiger partial charge is 0.253 e. The Labute approximate surface area is 197 Å². The number of fused-ring (bicyclic) bond motifs is 2. The van der Waals surface area contributed by atoms with Gasteiger partial charge in [-0.15, -0.1) is 0 Å². The molecule has 3 aromatic rings. The molecule has 0 amide bonds. The third-order valence-corrected chi connectivity index (χ3v) is 5.75. The number of aromatic amines is 1. The predicted molar refractivity (Wildman–Crippen MR) is 130 cm³/mol. The first-order chi connectivity index (χ1) is 16.1. The molecule has 1 aliphatic heterocycles. The summed E-state index contributed by atoms with van der Waals surface area (Å²) in [5.74, 6) is 2.10. The van der Waals surface area contributed by atoms with Gasteiger partial charge in [0.05, 0.1) is 25.8 Å². The first-order valence-corrected chi connectivity index (χ1v) is 11.1. The van der Waals surface area contributed by atoms with E-state index < -0.39 is 0 Å². The maximum Gasteiger partial charge on any atom is 0.253 e. The van der Waals surface area contributed by atoms with Crippen LogP contribution in [-0.4, -0.2) is 55.6 Å². The van der Waals surface area contributed by atoms with Gasteiger partial charge in [-0.25, -0.2) is 0 Å². The number of hydrogen-bond acceptors (Lipinski definition) is 6. The normalized spacial score (nSPS) is 12.4. The summed E-state index contributed by atoms with van der Waals surface area (Å²) < 4.78 is 21.7. The number of thiocarbonyl (C=S) groups is 1. The highest BCUT2D eigenvalue weighted by molar-refractivity contribution is 7.80. The van der Waals surface area contributed by atoms with Crippen LogP contribution in [0.15, 0.2) is 47.3 Å². The monoisotopic (exact) mass is 469 g/mol. The van der Waals surface area contributed by atoms with Crippen molar-refractivity contribution in [2.24, 2.45) is 0 Å². The molecule has 0 fully saturated rings. The quantitative estimate of drug-likeness (QED) is 0.385. The molecule has 0 atom stereocenters. The first-order valence-electron chi connectivity index (χ1n) is 10.7. The average molecular weight is 470 g/mol. The molecule has 2 aromatic carbocycles. The van der Waals surface area contributed by atoms with Crippen molar-refractivity contribution in [1.82, 2.24) is 15.2 Å². The zero-order valence-electron chi connectivity index (χ0n) is 18.7. The minimum absolute atomic E-state index is 0.168. The predicted octanol–water partition coefficient (Wildman–Crippen LogP) is 2.83. The number of methoxy groups -OCH3 is 2. The summed E-state index contributed by atoms with van der Waals surface area (Å²) in [5.41, 5.74) is 2.18. The molecule has 174 valence electrons. The van der Waals surface area contributed by atoms with Gasteiger partial charge in [-0.3, -0.25) is 4.79 Å². The highest BCUT2D eigenvalue weighted by Gasteiger charge is 2.17. The summed E-state index contributed by atoms with van der Waals surface area (Å²) >= 11 is 5.64. The van der Waals surface area contributed by atoms with E-state index in [-0.39, 0.29) is 5.56 Å². The minimum Gasteiger partial charge on any atom is -0.497 e. The van der Waals surface area contributed by atoms with Crippen molar-refractivity contribution >= 4 is 28.2 Å². The molecule has 9 heteroatoms. The van der Waals surface area contributed by atoms with Crippen LogP contribution >= 0.6 is 12.2 Å². The fraction of sp³-hybridized carbons (Fsp3) is 0.333. The van der Waals surface area contributed by atoms with Crippen molar-refractivity contribution in [3.05, 3.63) is 63.9 Å². The van der Waals surface area contributed by atoms with E-state index in [0.29, 0.717) is 67.1 Å². The molecule has 4 rings (SSSR count).